The van der Waals surface area contributed by atoms with Crippen molar-refractivity contribution in [1.82, 2.24) is 10.4 Å². The number of hydrogen-bond donors (Lipinski definition) is 2. The molecule has 31 heavy (non-hydrogen) atoms. The molecule has 0 saturated heterocycles. The minimum atomic E-state index is -0.522. The molecule has 0 atom stereocenters. The molecule has 0 spiro atoms. The van der Waals surface area contributed by atoms with Crippen LogP contribution >= 0.6 is 11.6 Å². The molecule has 7 nitrogen and oxygen atoms in total. The Balaban J connectivity index is 1.68. The molecule has 0 aliphatic heterocycles. The number of ether oxygens (including phenoxy) is 1. The molecule has 2 N–H and O–H groups in total. The zero-order valence-electron chi connectivity index (χ0n) is 16.6. The van der Waals surface area contributed by atoms with Gasteiger partial charge in [0.15, 0.2) is 0 Å². The number of rotatable bonds is 7. The molecule has 1 aromatic heterocycles. The number of halogens is 1. The smallest absolute Gasteiger partial charge is 0.273 e. The van der Waals surface area contributed by atoms with Crippen LogP contribution in [0.15, 0.2) is 78.2 Å². The lowest BCUT2D eigenvalue weighted by Crippen LogP contribution is -2.21. The van der Waals surface area contributed by atoms with Crippen molar-refractivity contribution in [3.63, 3.8) is 0 Å². The second-order valence-corrected chi connectivity index (χ2v) is 6.64. The minimum absolute atomic E-state index is 0.176. The number of para-hydroxylation sites is 1. The number of hydrogen-bond acceptors (Lipinski definition) is 5. The molecular weight excluding hydrogens is 416 g/mol. The lowest BCUT2D eigenvalue weighted by Gasteiger charge is -2.10. The number of hydrazone groups is 1. The molecule has 0 aliphatic rings. The van der Waals surface area contributed by atoms with Crippen molar-refractivity contribution in [2.24, 2.45) is 5.10 Å². The molecule has 0 fully saturated rings. The molecule has 0 saturated carbocycles. The van der Waals surface area contributed by atoms with Gasteiger partial charge in [-0.15, -0.1) is 0 Å². The molecule has 2 aromatic carbocycles. The van der Waals surface area contributed by atoms with Gasteiger partial charge in [0.05, 0.1) is 23.9 Å². The second-order valence-electron chi connectivity index (χ2n) is 6.21. The molecule has 2 amide bonds. The van der Waals surface area contributed by atoms with Gasteiger partial charge in [-0.25, -0.2) is 5.43 Å². The maximum absolute atomic E-state index is 12.6. The summed E-state index contributed by atoms with van der Waals surface area (Å²) in [5, 5.41) is 6.95. The van der Waals surface area contributed by atoms with Crippen molar-refractivity contribution >= 4 is 41.4 Å². The quantitative estimate of drug-likeness (QED) is 0.425. The highest BCUT2D eigenvalue weighted by atomic mass is 35.5. The molecule has 3 aromatic rings. The SMILES string of the molecule is COc1ccccc1/C=C/C=N/NC(=O)c1cc(Cl)ccc1NC(=O)c1cccnc1. The zero-order chi connectivity index (χ0) is 22.1. The Morgan fingerprint density at radius 3 is 2.71 bits per heavy atom. The van der Waals surface area contributed by atoms with Crippen LogP contribution in [-0.2, 0) is 0 Å². The molecule has 1 heterocycles. The second kappa shape index (κ2) is 10.7. The number of benzene rings is 2. The van der Waals surface area contributed by atoms with Crippen LogP contribution in [0.3, 0.4) is 0 Å². The third-order valence-electron chi connectivity index (χ3n) is 4.14. The van der Waals surface area contributed by atoms with E-state index in [9.17, 15) is 9.59 Å². The van der Waals surface area contributed by atoms with Crippen LogP contribution in [0.25, 0.3) is 6.08 Å². The number of allylic oxidation sites excluding steroid dienone is 1. The summed E-state index contributed by atoms with van der Waals surface area (Å²) in [6.45, 7) is 0. The molecule has 8 heteroatoms. The molecule has 0 aliphatic carbocycles. The van der Waals surface area contributed by atoms with E-state index in [2.05, 4.69) is 20.8 Å². The van der Waals surface area contributed by atoms with E-state index in [0.717, 1.165) is 11.3 Å². The summed E-state index contributed by atoms with van der Waals surface area (Å²) >= 11 is 6.03. The number of carbonyl (C=O) groups is 2. The van der Waals surface area contributed by atoms with E-state index < -0.39 is 11.8 Å². The van der Waals surface area contributed by atoms with Crippen LogP contribution < -0.4 is 15.5 Å². The van der Waals surface area contributed by atoms with E-state index >= 15 is 0 Å². The van der Waals surface area contributed by atoms with Crippen molar-refractivity contribution < 1.29 is 14.3 Å². The standard InChI is InChI=1S/C23H19ClN4O3/c1-31-21-9-3-2-6-16(21)7-5-13-26-28-23(30)19-14-18(24)10-11-20(19)27-22(29)17-8-4-12-25-15-17/h2-15H,1H3,(H,27,29)(H,28,30)/b7-5+,26-13+. The van der Waals surface area contributed by atoms with Gasteiger partial charge in [-0.05, 0) is 48.6 Å². The van der Waals surface area contributed by atoms with Gasteiger partial charge in [0.1, 0.15) is 5.75 Å². The first-order valence-electron chi connectivity index (χ1n) is 9.22. The average Bonchev–Trinajstić information content (AvgIpc) is 2.80. The summed E-state index contributed by atoms with van der Waals surface area (Å²) in [5.41, 5.74) is 4.14. The first-order chi connectivity index (χ1) is 15.1. The molecule has 3 rings (SSSR count). The van der Waals surface area contributed by atoms with Gasteiger partial charge in [-0.1, -0.05) is 29.8 Å². The van der Waals surface area contributed by atoms with Crippen molar-refractivity contribution in [1.29, 1.82) is 0 Å². The first-order valence-corrected chi connectivity index (χ1v) is 9.60. The topological polar surface area (TPSA) is 92.7 Å². The normalized spacial score (nSPS) is 10.9. The van der Waals surface area contributed by atoms with E-state index in [1.54, 1.807) is 49.7 Å². The Kier molecular flexibility index (Phi) is 7.50. The number of carbonyl (C=O) groups excluding carboxylic acids is 2. The monoisotopic (exact) mass is 434 g/mol. The number of anilines is 1. The molecule has 0 unspecified atom stereocenters. The molecular formula is C23H19ClN4O3. The van der Waals surface area contributed by atoms with Crippen LogP contribution in [0.5, 0.6) is 5.75 Å². The Hall–Kier alpha value is -3.97. The van der Waals surface area contributed by atoms with Gasteiger partial charge in [0.25, 0.3) is 11.8 Å². The zero-order valence-corrected chi connectivity index (χ0v) is 17.3. The van der Waals surface area contributed by atoms with Gasteiger partial charge >= 0.3 is 0 Å². The highest BCUT2D eigenvalue weighted by Crippen LogP contribution is 2.21. The van der Waals surface area contributed by atoms with E-state index in [-0.39, 0.29) is 5.56 Å². The third-order valence-corrected chi connectivity index (χ3v) is 4.37. The molecule has 0 bridgehead atoms. The third kappa shape index (κ3) is 6.01. The molecule has 0 radical (unpaired) electrons. The summed E-state index contributed by atoms with van der Waals surface area (Å²) < 4.78 is 5.27. The van der Waals surface area contributed by atoms with Crippen molar-refractivity contribution in [2.75, 3.05) is 12.4 Å². The van der Waals surface area contributed by atoms with Crippen molar-refractivity contribution in [2.45, 2.75) is 0 Å². The van der Waals surface area contributed by atoms with Crippen LogP contribution in [0.2, 0.25) is 5.02 Å². The largest absolute Gasteiger partial charge is 0.496 e. The van der Waals surface area contributed by atoms with Gasteiger partial charge < -0.3 is 10.1 Å². The predicted octanol–water partition coefficient (Wildman–Crippen LogP) is 4.42. The Bertz CT molecular complexity index is 1130. The van der Waals surface area contributed by atoms with Crippen LogP contribution in [-0.4, -0.2) is 30.1 Å². The summed E-state index contributed by atoms with van der Waals surface area (Å²) in [6, 6.07) is 15.4. The lowest BCUT2D eigenvalue weighted by atomic mass is 10.1. The van der Waals surface area contributed by atoms with E-state index in [1.165, 1.54) is 18.5 Å². The summed E-state index contributed by atoms with van der Waals surface area (Å²) in [6.07, 6.45) is 7.90. The molecule has 156 valence electrons. The predicted molar refractivity (Wildman–Crippen MR) is 122 cm³/mol. The maximum atomic E-state index is 12.6. The van der Waals surface area contributed by atoms with Gasteiger partial charge in [0.2, 0.25) is 0 Å². The van der Waals surface area contributed by atoms with Crippen LogP contribution in [0.4, 0.5) is 5.69 Å². The minimum Gasteiger partial charge on any atom is -0.496 e. The fourth-order valence-electron chi connectivity index (χ4n) is 2.65. The van der Waals surface area contributed by atoms with Crippen LogP contribution in [0.1, 0.15) is 26.3 Å². The Morgan fingerprint density at radius 2 is 1.94 bits per heavy atom. The summed E-state index contributed by atoms with van der Waals surface area (Å²) in [4.78, 5) is 28.9. The summed E-state index contributed by atoms with van der Waals surface area (Å²) in [7, 11) is 1.59. The van der Waals surface area contributed by atoms with Gasteiger partial charge in [0, 0.05) is 29.2 Å². The lowest BCUT2D eigenvalue weighted by molar-refractivity contribution is 0.0956. The number of nitrogens with one attached hydrogen (secondary N) is 2. The number of aromatic nitrogens is 1. The summed E-state index contributed by atoms with van der Waals surface area (Å²) in [5.74, 6) is -0.192. The number of methoxy groups -OCH3 is 1. The van der Waals surface area contributed by atoms with Crippen molar-refractivity contribution in [3.8, 4) is 5.75 Å². The number of pyridine rings is 1. The van der Waals surface area contributed by atoms with Gasteiger partial charge in [-0.3, -0.25) is 14.6 Å². The first kappa shape index (κ1) is 21.7. The fourth-order valence-corrected chi connectivity index (χ4v) is 2.83. The average molecular weight is 435 g/mol. The van der Waals surface area contributed by atoms with Gasteiger partial charge in [-0.2, -0.15) is 5.10 Å². The van der Waals surface area contributed by atoms with Crippen molar-refractivity contribution in [3.05, 3.63) is 94.8 Å². The maximum Gasteiger partial charge on any atom is 0.273 e. The van der Waals surface area contributed by atoms with E-state index in [0.29, 0.717) is 16.3 Å². The highest BCUT2D eigenvalue weighted by Gasteiger charge is 2.15. The fraction of sp³-hybridized carbons (Fsp3) is 0.0435. The number of nitrogens with zero attached hydrogens (tertiary/aromatic N) is 2. The Labute approximate surface area is 184 Å². The van der Waals surface area contributed by atoms with Crippen LogP contribution in [0, 0.1) is 0 Å². The van der Waals surface area contributed by atoms with E-state index in [1.807, 2.05) is 24.3 Å². The Morgan fingerprint density at radius 1 is 1.10 bits per heavy atom. The highest BCUT2D eigenvalue weighted by molar-refractivity contribution is 6.31. The van der Waals surface area contributed by atoms with E-state index in [4.69, 9.17) is 16.3 Å². The number of amides is 2.